The molecular weight excluding hydrogens is 186 g/mol. The molecule has 1 aromatic carbocycles. The van der Waals surface area contributed by atoms with Crippen LogP contribution in [0.4, 0.5) is 8.78 Å². The summed E-state index contributed by atoms with van der Waals surface area (Å²) < 4.78 is 25.8. The van der Waals surface area contributed by atoms with Crippen LogP contribution in [0, 0.1) is 17.0 Å². The van der Waals surface area contributed by atoms with Gasteiger partial charge in [0, 0.05) is 0 Å². The molecule has 0 amide bonds. The summed E-state index contributed by atoms with van der Waals surface area (Å²) >= 11 is 0. The van der Waals surface area contributed by atoms with Crippen molar-refractivity contribution in [1.82, 2.24) is 0 Å². The Morgan fingerprint density at radius 3 is 2.50 bits per heavy atom. The summed E-state index contributed by atoms with van der Waals surface area (Å²) in [5, 5.41) is 9.84. The molecule has 0 aliphatic heterocycles. The van der Waals surface area contributed by atoms with E-state index >= 15 is 0 Å². The second-order valence-electron chi connectivity index (χ2n) is 4.53. The van der Waals surface area contributed by atoms with E-state index < -0.39 is 17.7 Å². The SMILES string of the molecule is CC1(C)Cc2cc(F)c(F)cc2C1O. The monoisotopic (exact) mass is 198 g/mol. The molecule has 1 atom stereocenters. The molecule has 0 spiro atoms. The van der Waals surface area contributed by atoms with Gasteiger partial charge in [0.05, 0.1) is 6.10 Å². The maximum Gasteiger partial charge on any atom is 0.159 e. The van der Waals surface area contributed by atoms with Gasteiger partial charge in [0.25, 0.3) is 0 Å². The van der Waals surface area contributed by atoms with E-state index in [-0.39, 0.29) is 5.41 Å². The van der Waals surface area contributed by atoms with Crippen molar-refractivity contribution in [2.24, 2.45) is 5.41 Å². The number of rotatable bonds is 0. The third kappa shape index (κ3) is 1.23. The highest BCUT2D eigenvalue weighted by Crippen LogP contribution is 2.45. The van der Waals surface area contributed by atoms with Gasteiger partial charge in [-0.05, 0) is 35.1 Å². The Labute approximate surface area is 81.4 Å². The first-order chi connectivity index (χ1) is 6.42. The van der Waals surface area contributed by atoms with Crippen molar-refractivity contribution < 1.29 is 13.9 Å². The van der Waals surface area contributed by atoms with Crippen LogP contribution in [0.1, 0.15) is 31.1 Å². The first kappa shape index (κ1) is 9.59. The smallest absolute Gasteiger partial charge is 0.159 e. The molecule has 0 saturated heterocycles. The van der Waals surface area contributed by atoms with Crippen LogP contribution in [0.2, 0.25) is 0 Å². The minimum Gasteiger partial charge on any atom is -0.388 e. The van der Waals surface area contributed by atoms with Crippen molar-refractivity contribution in [3.05, 3.63) is 34.9 Å². The van der Waals surface area contributed by atoms with Gasteiger partial charge in [0.2, 0.25) is 0 Å². The average Bonchev–Trinajstić information content (AvgIpc) is 2.28. The van der Waals surface area contributed by atoms with E-state index in [9.17, 15) is 13.9 Å². The van der Waals surface area contributed by atoms with Crippen molar-refractivity contribution in [1.29, 1.82) is 0 Å². The Kier molecular flexibility index (Phi) is 1.89. The fraction of sp³-hybridized carbons (Fsp3) is 0.455. The Morgan fingerprint density at radius 1 is 1.29 bits per heavy atom. The predicted molar refractivity (Wildman–Crippen MR) is 48.8 cm³/mol. The van der Waals surface area contributed by atoms with Crippen molar-refractivity contribution in [2.75, 3.05) is 0 Å². The quantitative estimate of drug-likeness (QED) is 0.679. The topological polar surface area (TPSA) is 20.2 Å². The van der Waals surface area contributed by atoms with Crippen molar-refractivity contribution in [2.45, 2.75) is 26.4 Å². The van der Waals surface area contributed by atoms with E-state index in [1.54, 1.807) is 0 Å². The second kappa shape index (κ2) is 2.76. The average molecular weight is 198 g/mol. The number of halogens is 2. The lowest BCUT2D eigenvalue weighted by Gasteiger charge is -2.22. The maximum atomic E-state index is 12.9. The molecule has 3 heteroatoms. The molecule has 2 rings (SSSR count). The molecule has 76 valence electrons. The number of benzene rings is 1. The molecule has 0 heterocycles. The summed E-state index contributed by atoms with van der Waals surface area (Å²) in [6.07, 6.45) is -0.117. The second-order valence-corrected chi connectivity index (χ2v) is 4.53. The molecule has 0 bridgehead atoms. The zero-order chi connectivity index (χ0) is 10.5. The molecule has 0 aromatic heterocycles. The number of hydrogen-bond acceptors (Lipinski definition) is 1. The summed E-state index contributed by atoms with van der Waals surface area (Å²) in [6.45, 7) is 3.76. The Bertz CT molecular complexity index is 385. The van der Waals surface area contributed by atoms with Gasteiger partial charge < -0.3 is 5.11 Å². The van der Waals surface area contributed by atoms with Crippen LogP contribution in [0.25, 0.3) is 0 Å². The van der Waals surface area contributed by atoms with E-state index in [1.807, 2.05) is 13.8 Å². The highest BCUT2D eigenvalue weighted by atomic mass is 19.2. The molecule has 0 radical (unpaired) electrons. The number of hydrogen-bond donors (Lipinski definition) is 1. The predicted octanol–water partition coefficient (Wildman–Crippen LogP) is 2.58. The molecular formula is C11H12F2O. The molecule has 1 nitrogen and oxygen atoms in total. The molecule has 1 aliphatic rings. The fourth-order valence-electron chi connectivity index (χ4n) is 2.02. The zero-order valence-corrected chi connectivity index (χ0v) is 8.14. The van der Waals surface area contributed by atoms with Crippen LogP contribution in [-0.2, 0) is 6.42 Å². The molecule has 14 heavy (non-hydrogen) atoms. The van der Waals surface area contributed by atoms with Gasteiger partial charge in [-0.25, -0.2) is 8.78 Å². The number of aliphatic hydroxyl groups excluding tert-OH is 1. The Hall–Kier alpha value is -0.960. The third-order valence-corrected chi connectivity index (χ3v) is 2.86. The molecule has 0 fully saturated rings. The van der Waals surface area contributed by atoms with Gasteiger partial charge in [-0.2, -0.15) is 0 Å². The van der Waals surface area contributed by atoms with Gasteiger partial charge >= 0.3 is 0 Å². The van der Waals surface area contributed by atoms with Crippen molar-refractivity contribution in [3.8, 4) is 0 Å². The van der Waals surface area contributed by atoms with Crippen molar-refractivity contribution >= 4 is 0 Å². The third-order valence-electron chi connectivity index (χ3n) is 2.86. The minimum atomic E-state index is -0.888. The van der Waals surface area contributed by atoms with Gasteiger partial charge in [0.1, 0.15) is 0 Å². The first-order valence-corrected chi connectivity index (χ1v) is 4.58. The van der Waals surface area contributed by atoms with Crippen LogP contribution in [0.15, 0.2) is 12.1 Å². The molecule has 1 N–H and O–H groups in total. The number of fused-ring (bicyclic) bond motifs is 1. The van der Waals surface area contributed by atoms with E-state index in [0.29, 0.717) is 17.5 Å². The van der Waals surface area contributed by atoms with Gasteiger partial charge in [-0.1, -0.05) is 13.8 Å². The van der Waals surface area contributed by atoms with Gasteiger partial charge in [-0.15, -0.1) is 0 Å². The summed E-state index contributed by atoms with van der Waals surface area (Å²) in [4.78, 5) is 0. The first-order valence-electron chi connectivity index (χ1n) is 4.58. The number of aliphatic hydroxyl groups is 1. The standard InChI is InChI=1S/C11H12F2O/c1-11(2)5-6-3-8(12)9(13)4-7(6)10(11)14/h3-4,10,14H,5H2,1-2H3. The van der Waals surface area contributed by atoms with Crippen LogP contribution in [0.3, 0.4) is 0 Å². The summed E-state index contributed by atoms with van der Waals surface area (Å²) in [5.74, 6) is -1.73. The maximum absolute atomic E-state index is 12.9. The highest BCUT2D eigenvalue weighted by Gasteiger charge is 2.38. The molecule has 1 unspecified atom stereocenters. The zero-order valence-electron chi connectivity index (χ0n) is 8.14. The normalized spacial score (nSPS) is 23.6. The van der Waals surface area contributed by atoms with E-state index in [1.165, 1.54) is 6.07 Å². The molecule has 1 aromatic rings. The Morgan fingerprint density at radius 2 is 1.86 bits per heavy atom. The van der Waals surface area contributed by atoms with Crippen LogP contribution < -0.4 is 0 Å². The largest absolute Gasteiger partial charge is 0.388 e. The lowest BCUT2D eigenvalue weighted by molar-refractivity contribution is 0.0664. The van der Waals surface area contributed by atoms with Gasteiger partial charge in [0.15, 0.2) is 11.6 Å². The summed E-state index contributed by atoms with van der Waals surface area (Å²) in [6, 6.07) is 2.28. The summed E-state index contributed by atoms with van der Waals surface area (Å²) in [7, 11) is 0. The minimum absolute atomic E-state index is 0.331. The molecule has 1 aliphatic carbocycles. The van der Waals surface area contributed by atoms with E-state index in [0.717, 1.165) is 6.07 Å². The van der Waals surface area contributed by atoms with Crippen molar-refractivity contribution in [3.63, 3.8) is 0 Å². The fourth-order valence-corrected chi connectivity index (χ4v) is 2.02. The highest BCUT2D eigenvalue weighted by molar-refractivity contribution is 5.37. The Balaban J connectivity index is 2.55. The molecule has 0 saturated carbocycles. The lowest BCUT2D eigenvalue weighted by atomic mass is 9.88. The van der Waals surface area contributed by atoms with E-state index in [4.69, 9.17) is 0 Å². The van der Waals surface area contributed by atoms with Crippen LogP contribution in [-0.4, -0.2) is 5.11 Å². The van der Waals surface area contributed by atoms with Crippen LogP contribution in [0.5, 0.6) is 0 Å². The van der Waals surface area contributed by atoms with Crippen LogP contribution >= 0.6 is 0 Å². The van der Waals surface area contributed by atoms with E-state index in [2.05, 4.69) is 0 Å². The van der Waals surface area contributed by atoms with Gasteiger partial charge in [-0.3, -0.25) is 0 Å². The summed E-state index contributed by atoms with van der Waals surface area (Å²) in [5.41, 5.74) is 0.901. The lowest BCUT2D eigenvalue weighted by Crippen LogP contribution is -2.16.